The predicted molar refractivity (Wildman–Crippen MR) is 108 cm³/mol. The standard InChI is InChI=1S/C21H17ClN2O5/c1-13(19(25)23-17-10-6-15(22)7-11-17)29-21(27)14-4-8-16(9-5-14)24-20(26)18-3-2-12-28-18/h2-13H,1H3,(H,23,25)(H,24,26)/t13-/m0/s1. The number of hydrogen-bond acceptors (Lipinski definition) is 5. The van der Waals surface area contributed by atoms with Crippen molar-refractivity contribution in [1.29, 1.82) is 0 Å². The molecule has 0 saturated heterocycles. The first kappa shape index (κ1) is 20.2. The van der Waals surface area contributed by atoms with E-state index in [-0.39, 0.29) is 11.3 Å². The maximum atomic E-state index is 12.3. The van der Waals surface area contributed by atoms with E-state index >= 15 is 0 Å². The topological polar surface area (TPSA) is 97.6 Å². The molecule has 1 aromatic heterocycles. The molecule has 8 heteroatoms. The molecule has 29 heavy (non-hydrogen) atoms. The van der Waals surface area contributed by atoms with E-state index in [2.05, 4.69) is 10.6 Å². The molecule has 0 fully saturated rings. The van der Waals surface area contributed by atoms with Gasteiger partial charge in [0.15, 0.2) is 11.9 Å². The molecule has 0 bridgehead atoms. The van der Waals surface area contributed by atoms with Crippen LogP contribution >= 0.6 is 11.6 Å². The van der Waals surface area contributed by atoms with Gasteiger partial charge in [0.1, 0.15) is 0 Å². The molecular formula is C21H17ClN2O5. The van der Waals surface area contributed by atoms with Crippen molar-refractivity contribution in [2.45, 2.75) is 13.0 Å². The highest BCUT2D eigenvalue weighted by Crippen LogP contribution is 2.15. The average molecular weight is 413 g/mol. The second kappa shape index (κ2) is 9.07. The molecule has 0 radical (unpaired) electrons. The third kappa shape index (κ3) is 5.46. The zero-order valence-corrected chi connectivity index (χ0v) is 16.1. The third-order valence-electron chi connectivity index (χ3n) is 3.89. The molecule has 0 aliphatic carbocycles. The van der Waals surface area contributed by atoms with Crippen LogP contribution in [0.2, 0.25) is 5.02 Å². The van der Waals surface area contributed by atoms with Crippen LogP contribution in [0.5, 0.6) is 0 Å². The number of esters is 1. The average Bonchev–Trinajstić information content (AvgIpc) is 3.25. The zero-order chi connectivity index (χ0) is 20.8. The van der Waals surface area contributed by atoms with Crippen LogP contribution in [0, 0.1) is 0 Å². The Morgan fingerprint density at radius 2 is 1.55 bits per heavy atom. The number of benzene rings is 2. The molecule has 3 rings (SSSR count). The van der Waals surface area contributed by atoms with Crippen LogP contribution in [0.4, 0.5) is 11.4 Å². The van der Waals surface area contributed by atoms with Crippen molar-refractivity contribution in [1.82, 2.24) is 0 Å². The summed E-state index contributed by atoms with van der Waals surface area (Å²) in [4.78, 5) is 36.4. The Morgan fingerprint density at radius 1 is 0.931 bits per heavy atom. The number of hydrogen-bond donors (Lipinski definition) is 2. The van der Waals surface area contributed by atoms with Gasteiger partial charge in [-0.15, -0.1) is 0 Å². The Bertz CT molecular complexity index is 999. The van der Waals surface area contributed by atoms with Crippen LogP contribution in [0.3, 0.4) is 0 Å². The van der Waals surface area contributed by atoms with Crippen molar-refractivity contribution in [2.24, 2.45) is 0 Å². The molecule has 1 heterocycles. The Balaban J connectivity index is 1.54. The first-order valence-corrected chi connectivity index (χ1v) is 9.02. The van der Waals surface area contributed by atoms with E-state index in [1.165, 1.54) is 31.4 Å². The number of furan rings is 1. The predicted octanol–water partition coefficient (Wildman–Crippen LogP) is 4.37. The highest BCUT2D eigenvalue weighted by molar-refractivity contribution is 6.30. The fourth-order valence-electron chi connectivity index (χ4n) is 2.35. The largest absolute Gasteiger partial charge is 0.459 e. The maximum absolute atomic E-state index is 12.3. The number of carbonyl (C=O) groups is 3. The molecule has 0 unspecified atom stereocenters. The van der Waals surface area contributed by atoms with Gasteiger partial charge in [-0.3, -0.25) is 9.59 Å². The molecule has 7 nitrogen and oxygen atoms in total. The molecule has 2 amide bonds. The van der Waals surface area contributed by atoms with Crippen molar-refractivity contribution in [2.75, 3.05) is 10.6 Å². The molecule has 0 spiro atoms. The lowest BCUT2D eigenvalue weighted by molar-refractivity contribution is -0.123. The van der Waals surface area contributed by atoms with Crippen molar-refractivity contribution in [3.8, 4) is 0 Å². The van der Waals surface area contributed by atoms with E-state index in [9.17, 15) is 14.4 Å². The number of halogens is 1. The number of nitrogens with one attached hydrogen (secondary N) is 2. The molecule has 0 aliphatic heterocycles. The Morgan fingerprint density at radius 3 is 2.17 bits per heavy atom. The lowest BCUT2D eigenvalue weighted by Crippen LogP contribution is -2.30. The van der Waals surface area contributed by atoms with E-state index in [1.54, 1.807) is 42.5 Å². The lowest BCUT2D eigenvalue weighted by Gasteiger charge is -2.14. The summed E-state index contributed by atoms with van der Waals surface area (Å²) in [6.07, 6.45) is 0.398. The molecule has 0 saturated carbocycles. The van der Waals surface area contributed by atoms with Crippen LogP contribution in [0.1, 0.15) is 27.8 Å². The first-order chi connectivity index (χ1) is 13.9. The van der Waals surface area contributed by atoms with Crippen molar-refractivity contribution in [3.05, 3.63) is 83.3 Å². The zero-order valence-electron chi connectivity index (χ0n) is 15.3. The summed E-state index contributed by atoms with van der Waals surface area (Å²) in [6, 6.07) is 15.8. The summed E-state index contributed by atoms with van der Waals surface area (Å²) in [6.45, 7) is 1.47. The van der Waals surface area contributed by atoms with Crippen molar-refractivity contribution in [3.63, 3.8) is 0 Å². The third-order valence-corrected chi connectivity index (χ3v) is 4.14. The normalized spacial score (nSPS) is 11.4. The highest BCUT2D eigenvalue weighted by Gasteiger charge is 2.19. The fourth-order valence-corrected chi connectivity index (χ4v) is 2.48. The van der Waals surface area contributed by atoms with E-state index in [1.807, 2.05) is 0 Å². The van der Waals surface area contributed by atoms with Gasteiger partial charge in [-0.2, -0.15) is 0 Å². The van der Waals surface area contributed by atoms with Gasteiger partial charge in [0, 0.05) is 16.4 Å². The highest BCUT2D eigenvalue weighted by atomic mass is 35.5. The van der Waals surface area contributed by atoms with Gasteiger partial charge in [0.05, 0.1) is 11.8 Å². The van der Waals surface area contributed by atoms with E-state index in [0.717, 1.165) is 0 Å². The quantitative estimate of drug-likeness (QED) is 0.586. The van der Waals surface area contributed by atoms with Gasteiger partial charge in [-0.05, 0) is 67.6 Å². The Hall–Kier alpha value is -3.58. The molecular weight excluding hydrogens is 396 g/mol. The van der Waals surface area contributed by atoms with Crippen molar-refractivity contribution >= 4 is 40.8 Å². The van der Waals surface area contributed by atoms with Gasteiger partial charge in [0.2, 0.25) is 0 Å². The van der Waals surface area contributed by atoms with E-state index < -0.39 is 23.9 Å². The number of anilines is 2. The molecule has 1 atom stereocenters. The van der Waals surface area contributed by atoms with E-state index in [4.69, 9.17) is 20.8 Å². The first-order valence-electron chi connectivity index (χ1n) is 8.65. The summed E-state index contributed by atoms with van der Waals surface area (Å²) in [5.41, 5.74) is 1.27. The van der Waals surface area contributed by atoms with Gasteiger partial charge in [-0.25, -0.2) is 4.79 Å². The summed E-state index contributed by atoms with van der Waals surface area (Å²) >= 11 is 5.80. The van der Waals surface area contributed by atoms with E-state index in [0.29, 0.717) is 16.4 Å². The maximum Gasteiger partial charge on any atom is 0.338 e. The Kier molecular flexibility index (Phi) is 6.31. The van der Waals surface area contributed by atoms with Crippen LogP contribution in [0.25, 0.3) is 0 Å². The Labute approximate surface area is 171 Å². The lowest BCUT2D eigenvalue weighted by atomic mass is 10.2. The molecule has 148 valence electrons. The monoisotopic (exact) mass is 412 g/mol. The molecule has 2 aromatic carbocycles. The second-order valence-electron chi connectivity index (χ2n) is 6.05. The molecule has 0 aliphatic rings. The minimum Gasteiger partial charge on any atom is -0.459 e. The molecule has 2 N–H and O–H groups in total. The van der Waals surface area contributed by atoms with Crippen molar-refractivity contribution < 1.29 is 23.5 Å². The van der Waals surface area contributed by atoms with Gasteiger partial charge < -0.3 is 19.8 Å². The summed E-state index contributed by atoms with van der Waals surface area (Å²) in [5, 5.41) is 5.83. The number of rotatable bonds is 6. The smallest absolute Gasteiger partial charge is 0.338 e. The van der Waals surface area contributed by atoms with Crippen LogP contribution in [0.15, 0.2) is 71.3 Å². The SMILES string of the molecule is C[C@H](OC(=O)c1ccc(NC(=O)c2ccco2)cc1)C(=O)Nc1ccc(Cl)cc1. The summed E-state index contributed by atoms with van der Waals surface area (Å²) in [7, 11) is 0. The van der Waals surface area contributed by atoms with Gasteiger partial charge >= 0.3 is 5.97 Å². The molecule has 3 aromatic rings. The summed E-state index contributed by atoms with van der Waals surface area (Å²) in [5.74, 6) is -1.36. The number of amides is 2. The minimum absolute atomic E-state index is 0.175. The summed E-state index contributed by atoms with van der Waals surface area (Å²) < 4.78 is 10.2. The van der Waals surface area contributed by atoms with Crippen LogP contribution < -0.4 is 10.6 Å². The van der Waals surface area contributed by atoms with Crippen LogP contribution in [-0.4, -0.2) is 23.9 Å². The number of carbonyl (C=O) groups excluding carboxylic acids is 3. The fraction of sp³-hybridized carbons (Fsp3) is 0.0952. The second-order valence-corrected chi connectivity index (χ2v) is 6.49. The van der Waals surface area contributed by atoms with Gasteiger partial charge in [0.25, 0.3) is 11.8 Å². The minimum atomic E-state index is -1.00. The van der Waals surface area contributed by atoms with Crippen LogP contribution in [-0.2, 0) is 9.53 Å². The number of ether oxygens (including phenoxy) is 1. The van der Waals surface area contributed by atoms with Gasteiger partial charge in [-0.1, -0.05) is 11.6 Å².